The number of benzene rings is 1. The molecule has 132 valence electrons. The van der Waals surface area contributed by atoms with E-state index in [0.29, 0.717) is 5.69 Å². The van der Waals surface area contributed by atoms with Crippen LogP contribution in [0.2, 0.25) is 0 Å². The van der Waals surface area contributed by atoms with Crippen LogP contribution < -0.4 is 0 Å². The average Bonchev–Trinajstić information content (AvgIpc) is 3.12. The first kappa shape index (κ1) is 17.3. The van der Waals surface area contributed by atoms with Gasteiger partial charge < -0.3 is 0 Å². The van der Waals surface area contributed by atoms with Crippen LogP contribution in [0.1, 0.15) is 46.0 Å². The second-order valence-electron chi connectivity index (χ2n) is 6.08. The predicted molar refractivity (Wildman–Crippen MR) is 108 cm³/mol. The number of rotatable bonds is 2. The van der Waals surface area contributed by atoms with E-state index in [-0.39, 0.29) is 11.2 Å². The van der Waals surface area contributed by atoms with Gasteiger partial charge in [0.25, 0.3) is 0 Å². The number of carbonyl (C=O) groups excluding carboxylic acids is 1. The summed E-state index contributed by atoms with van der Waals surface area (Å²) in [5.74, 6) is 2.68. The molecular formula is C21H16N4OS. The third-order valence-corrected chi connectivity index (χ3v) is 5.05. The van der Waals surface area contributed by atoms with Gasteiger partial charge in [0, 0.05) is 17.3 Å². The zero-order chi connectivity index (χ0) is 19.0. The summed E-state index contributed by atoms with van der Waals surface area (Å²) >= 11 is 1.15. The van der Waals surface area contributed by atoms with Crippen molar-refractivity contribution in [2.45, 2.75) is 13.0 Å². The summed E-state index contributed by atoms with van der Waals surface area (Å²) in [5, 5.41) is -0.0751. The number of aliphatic imine (C=N–C) groups is 1. The van der Waals surface area contributed by atoms with Gasteiger partial charge >= 0.3 is 0 Å². The Morgan fingerprint density at radius 3 is 2.81 bits per heavy atom. The minimum absolute atomic E-state index is 0.0751. The van der Waals surface area contributed by atoms with E-state index in [1.807, 2.05) is 47.9 Å². The first-order valence-electron chi connectivity index (χ1n) is 8.40. The molecule has 1 aliphatic rings. The van der Waals surface area contributed by atoms with Crippen molar-refractivity contribution in [3.8, 4) is 18.0 Å². The first-order chi connectivity index (χ1) is 13.1. The van der Waals surface area contributed by atoms with Crippen molar-refractivity contribution in [2.75, 3.05) is 6.26 Å². The van der Waals surface area contributed by atoms with Crippen LogP contribution in [0.25, 0.3) is 5.69 Å². The van der Waals surface area contributed by atoms with Crippen molar-refractivity contribution >= 4 is 22.6 Å². The van der Waals surface area contributed by atoms with E-state index in [9.17, 15) is 4.79 Å². The minimum atomic E-state index is -0.266. The molecule has 1 aromatic carbocycles. The van der Waals surface area contributed by atoms with Gasteiger partial charge in [-0.05, 0) is 43.5 Å². The molecule has 0 saturated carbocycles. The fraction of sp³-hybridized carbons (Fsp3) is 0.143. The molecule has 0 radical (unpaired) electrons. The Hall–Kier alpha value is -3.17. The lowest BCUT2D eigenvalue weighted by Crippen LogP contribution is -2.09. The molecule has 27 heavy (non-hydrogen) atoms. The van der Waals surface area contributed by atoms with Crippen molar-refractivity contribution in [1.82, 2.24) is 14.5 Å². The summed E-state index contributed by atoms with van der Waals surface area (Å²) in [6.45, 7) is 1.96. The van der Waals surface area contributed by atoms with E-state index >= 15 is 0 Å². The van der Waals surface area contributed by atoms with Crippen molar-refractivity contribution in [2.24, 2.45) is 4.99 Å². The molecule has 1 unspecified atom stereocenters. The van der Waals surface area contributed by atoms with Crippen LogP contribution in [0.3, 0.4) is 0 Å². The summed E-state index contributed by atoms with van der Waals surface area (Å²) in [4.78, 5) is 26.1. The van der Waals surface area contributed by atoms with Gasteiger partial charge in [-0.25, -0.2) is 4.98 Å². The van der Waals surface area contributed by atoms with Gasteiger partial charge in [-0.1, -0.05) is 23.7 Å². The predicted octanol–water partition coefficient (Wildman–Crippen LogP) is 3.66. The molecule has 1 aliphatic heterocycles. The lowest BCUT2D eigenvalue weighted by atomic mass is 10.0. The standard InChI is InChI=1S/C21H16N4OS/c1-4-14-8-9-17-15(11-14)18(16-7-5-6-10-22-16)24-13(2)20-19(21(26)27-3)23-12-25(17)20/h1,5-13H,2-3H3. The van der Waals surface area contributed by atoms with Gasteiger partial charge in [-0.2, -0.15) is 0 Å². The Bertz CT molecular complexity index is 1110. The number of carbonyl (C=O) groups is 1. The van der Waals surface area contributed by atoms with Gasteiger partial charge in [-0.3, -0.25) is 19.3 Å². The molecule has 2 aromatic heterocycles. The second-order valence-corrected chi connectivity index (χ2v) is 6.86. The largest absolute Gasteiger partial charge is 0.300 e. The molecular weight excluding hydrogens is 356 g/mol. The van der Waals surface area contributed by atoms with Crippen LogP contribution in [0.4, 0.5) is 0 Å². The summed E-state index contributed by atoms with van der Waals surface area (Å²) in [6.07, 6.45) is 10.8. The van der Waals surface area contributed by atoms with E-state index in [0.717, 1.165) is 45.7 Å². The number of hydrogen-bond acceptors (Lipinski definition) is 5. The molecule has 0 fully saturated rings. The maximum atomic E-state index is 12.4. The highest BCUT2D eigenvalue weighted by molar-refractivity contribution is 8.13. The second kappa shape index (κ2) is 6.86. The topological polar surface area (TPSA) is 60.1 Å². The van der Waals surface area contributed by atoms with Crippen LogP contribution in [0.5, 0.6) is 0 Å². The van der Waals surface area contributed by atoms with E-state index in [1.165, 1.54) is 0 Å². The fourth-order valence-corrected chi connectivity index (χ4v) is 3.61. The molecule has 4 rings (SSSR count). The zero-order valence-corrected chi connectivity index (χ0v) is 15.7. The Balaban J connectivity index is 2.03. The summed E-state index contributed by atoms with van der Waals surface area (Å²) in [7, 11) is 0. The Kier molecular flexibility index (Phi) is 4.38. The number of thioether (sulfide) groups is 1. The Morgan fingerprint density at radius 2 is 2.11 bits per heavy atom. The Labute approximate surface area is 161 Å². The number of imidazole rings is 1. The van der Waals surface area contributed by atoms with Crippen molar-refractivity contribution in [3.63, 3.8) is 0 Å². The van der Waals surface area contributed by atoms with Crippen molar-refractivity contribution in [3.05, 3.63) is 77.1 Å². The summed E-state index contributed by atoms with van der Waals surface area (Å²) < 4.78 is 1.93. The lowest BCUT2D eigenvalue weighted by molar-refractivity contribution is 0.108. The highest BCUT2D eigenvalue weighted by Crippen LogP contribution is 2.33. The van der Waals surface area contributed by atoms with Crippen LogP contribution in [-0.2, 0) is 0 Å². The van der Waals surface area contributed by atoms with Gasteiger partial charge in [-0.15, -0.1) is 6.42 Å². The highest BCUT2D eigenvalue weighted by atomic mass is 32.2. The maximum absolute atomic E-state index is 12.4. The molecule has 0 bridgehead atoms. The van der Waals surface area contributed by atoms with E-state index in [1.54, 1.807) is 18.8 Å². The molecule has 0 N–H and O–H groups in total. The number of aromatic nitrogens is 3. The first-order valence-corrected chi connectivity index (χ1v) is 9.62. The highest BCUT2D eigenvalue weighted by Gasteiger charge is 2.28. The fourth-order valence-electron chi connectivity index (χ4n) is 3.26. The van der Waals surface area contributed by atoms with Gasteiger partial charge in [0.2, 0.25) is 5.12 Å². The number of fused-ring (bicyclic) bond motifs is 3. The number of nitrogens with zero attached hydrogens (tertiary/aromatic N) is 4. The number of pyridine rings is 1. The SMILES string of the molecule is C#Cc1ccc2c(c1)C(c1ccccn1)=NC(C)c1c(C(=O)SC)ncn1-2. The quantitative estimate of drug-likeness (QED) is 0.644. The third kappa shape index (κ3) is 2.86. The molecule has 0 amide bonds. The van der Waals surface area contributed by atoms with Crippen molar-refractivity contribution in [1.29, 1.82) is 0 Å². The number of hydrogen-bond donors (Lipinski definition) is 0. The van der Waals surface area contributed by atoms with Gasteiger partial charge in [0.05, 0.1) is 28.8 Å². The Morgan fingerprint density at radius 1 is 1.26 bits per heavy atom. The number of terminal acetylenes is 1. The van der Waals surface area contributed by atoms with Crippen LogP contribution >= 0.6 is 11.8 Å². The molecule has 5 nitrogen and oxygen atoms in total. The summed E-state index contributed by atoms with van der Waals surface area (Å²) in [6, 6.07) is 11.2. The molecule has 0 spiro atoms. The zero-order valence-electron chi connectivity index (χ0n) is 14.9. The van der Waals surface area contributed by atoms with Gasteiger partial charge in [0.15, 0.2) is 0 Å². The smallest absolute Gasteiger partial charge is 0.239 e. The summed E-state index contributed by atoms with van der Waals surface area (Å²) in [5.41, 5.74) is 5.23. The molecule has 0 saturated heterocycles. The van der Waals surface area contributed by atoms with Gasteiger partial charge in [0.1, 0.15) is 12.0 Å². The molecule has 0 aliphatic carbocycles. The molecule has 3 heterocycles. The monoisotopic (exact) mass is 372 g/mol. The average molecular weight is 372 g/mol. The molecule has 3 aromatic rings. The van der Waals surface area contributed by atoms with E-state index < -0.39 is 0 Å². The van der Waals surface area contributed by atoms with Crippen LogP contribution in [0, 0.1) is 12.3 Å². The lowest BCUT2D eigenvalue weighted by Gasteiger charge is -2.12. The normalized spacial score (nSPS) is 15.1. The minimum Gasteiger partial charge on any atom is -0.300 e. The molecule has 6 heteroatoms. The van der Waals surface area contributed by atoms with Crippen LogP contribution in [0.15, 0.2) is 53.9 Å². The van der Waals surface area contributed by atoms with Crippen molar-refractivity contribution < 1.29 is 4.79 Å². The third-order valence-electron chi connectivity index (χ3n) is 4.49. The van der Waals surface area contributed by atoms with E-state index in [2.05, 4.69) is 15.9 Å². The van der Waals surface area contributed by atoms with Crippen LogP contribution in [-0.4, -0.2) is 31.6 Å². The molecule has 1 atom stereocenters. The maximum Gasteiger partial charge on any atom is 0.239 e. The van der Waals surface area contributed by atoms with E-state index in [4.69, 9.17) is 11.4 Å².